The Morgan fingerprint density at radius 1 is 0.943 bits per heavy atom. The van der Waals surface area contributed by atoms with E-state index in [1.54, 1.807) is 0 Å². The summed E-state index contributed by atoms with van der Waals surface area (Å²) in [6.45, 7) is -0.537. The lowest BCUT2D eigenvalue weighted by Gasteiger charge is -2.24. The predicted octanol–water partition coefficient (Wildman–Crippen LogP) is -5.48. The molecule has 1 aliphatic rings. The van der Waals surface area contributed by atoms with E-state index in [2.05, 4.69) is 15.0 Å². The molecule has 4 atom stereocenters. The molecular formula is C10H23N6O16P3. The first kappa shape index (κ1) is 33.5. The zero-order chi connectivity index (χ0) is 28.0. The molecule has 3 heterocycles. The van der Waals surface area contributed by atoms with Crippen molar-refractivity contribution in [2.24, 2.45) is 5.73 Å². The second-order valence-corrected chi connectivity index (χ2v) is 9.23. The van der Waals surface area contributed by atoms with Crippen LogP contribution >= 0.6 is 23.5 Å². The van der Waals surface area contributed by atoms with Crippen molar-refractivity contribution < 1.29 is 77.8 Å². The van der Waals surface area contributed by atoms with Crippen molar-refractivity contribution in [1.82, 2.24) is 19.5 Å². The average molecular weight is 576 g/mol. The van der Waals surface area contributed by atoms with E-state index >= 15 is 0 Å². The zero-order valence-electron chi connectivity index (χ0n) is 16.9. The number of nitrogens with two attached hydrogens (primary N) is 2. The van der Waals surface area contributed by atoms with Gasteiger partial charge >= 0.3 is 23.5 Å². The quantitative estimate of drug-likeness (QED) is 0.117. The maximum Gasteiger partial charge on any atom is 0.466 e. The molecule has 2 aromatic rings. The van der Waals surface area contributed by atoms with E-state index in [1.807, 2.05) is 0 Å². The highest BCUT2D eigenvalue weighted by Gasteiger charge is 2.53. The Hall–Kier alpha value is -1.52. The molecule has 0 saturated carbocycles. The molecule has 0 amide bonds. The lowest BCUT2D eigenvalue weighted by Crippen LogP contribution is -2.56. The third-order valence-corrected chi connectivity index (χ3v) is 3.39. The second-order valence-electron chi connectivity index (χ2n) is 6.15. The summed E-state index contributed by atoms with van der Waals surface area (Å²) in [5.74, 6) is 0.183. The number of anilines is 1. The minimum atomic E-state index is -4.64. The molecule has 0 radical (unpaired) electrons. The molecule has 3 rings (SSSR count). The van der Waals surface area contributed by atoms with Crippen molar-refractivity contribution in [3.05, 3.63) is 12.7 Å². The standard InChI is InChI=1S/C10H14N6O4.3H3O4P/c11-7-5-8(14-2-13-7)16(3-15-5)9-6(18)10(12,19)4(1-17)20-9;3*1-5(2,3)4/h2-4,6,9,17-19H,1,12H2,(H2,11,13,14);3*(H3,1,2,3,4)/t4-,6+,9-,10-;;;/m1.../s1. The number of hydrogen-bond acceptors (Lipinski definition) is 12. The van der Waals surface area contributed by atoms with E-state index in [1.165, 1.54) is 17.2 Å². The number of rotatable bonds is 2. The molecule has 0 unspecified atom stereocenters. The van der Waals surface area contributed by atoms with Gasteiger partial charge in [-0.25, -0.2) is 28.6 Å². The summed E-state index contributed by atoms with van der Waals surface area (Å²) in [6.07, 6.45) is -1.04. The summed E-state index contributed by atoms with van der Waals surface area (Å²) in [4.78, 5) is 76.5. The normalized spacial score (nSPS) is 24.4. The number of fused-ring (bicyclic) bond motifs is 1. The smallest absolute Gasteiger partial charge is 0.393 e. The third kappa shape index (κ3) is 13.4. The number of ether oxygens (including phenoxy) is 1. The zero-order valence-corrected chi connectivity index (χ0v) is 19.6. The van der Waals surface area contributed by atoms with Crippen LogP contribution in [-0.2, 0) is 18.4 Å². The number of nitrogens with zero attached hydrogens (tertiary/aromatic N) is 4. The number of aliphatic hydroxyl groups is 3. The molecule has 0 aliphatic carbocycles. The molecule has 0 bridgehead atoms. The first-order valence-corrected chi connectivity index (χ1v) is 12.9. The van der Waals surface area contributed by atoms with Crippen LogP contribution < -0.4 is 11.5 Å². The van der Waals surface area contributed by atoms with Crippen LogP contribution in [0, 0.1) is 0 Å². The van der Waals surface area contributed by atoms with Gasteiger partial charge in [-0.3, -0.25) is 10.3 Å². The Labute approximate surface area is 193 Å². The first-order valence-electron chi connectivity index (χ1n) is 8.20. The number of hydrogen-bond donors (Lipinski definition) is 14. The molecular weight excluding hydrogens is 553 g/mol. The van der Waals surface area contributed by atoms with Crippen LogP contribution in [0.2, 0.25) is 0 Å². The highest BCUT2D eigenvalue weighted by Crippen LogP contribution is 2.35. The maximum atomic E-state index is 10.1. The Morgan fingerprint density at radius 2 is 1.37 bits per heavy atom. The molecule has 0 spiro atoms. The van der Waals surface area contributed by atoms with E-state index in [9.17, 15) is 10.2 Å². The lowest BCUT2D eigenvalue weighted by molar-refractivity contribution is -0.0885. The Bertz CT molecular complexity index is 1020. The van der Waals surface area contributed by atoms with Gasteiger partial charge in [0.2, 0.25) is 0 Å². The second kappa shape index (κ2) is 12.6. The molecule has 35 heavy (non-hydrogen) atoms. The Balaban J connectivity index is 0.000000635. The van der Waals surface area contributed by atoms with Gasteiger partial charge in [0.1, 0.15) is 24.1 Å². The van der Waals surface area contributed by atoms with Crippen molar-refractivity contribution in [3.8, 4) is 0 Å². The minimum Gasteiger partial charge on any atom is -0.393 e. The van der Waals surface area contributed by atoms with E-state index < -0.39 is 54.2 Å². The van der Waals surface area contributed by atoms with Gasteiger partial charge in [0.05, 0.1) is 12.9 Å². The van der Waals surface area contributed by atoms with Gasteiger partial charge < -0.3 is 69.8 Å². The lowest BCUT2D eigenvalue weighted by atomic mass is 10.0. The summed E-state index contributed by atoms with van der Waals surface area (Å²) in [5, 5.41) is 29.2. The number of phosphoric acid groups is 3. The van der Waals surface area contributed by atoms with Crippen molar-refractivity contribution in [3.63, 3.8) is 0 Å². The van der Waals surface area contributed by atoms with Crippen LogP contribution in [0.5, 0.6) is 0 Å². The van der Waals surface area contributed by atoms with Crippen molar-refractivity contribution in [1.29, 1.82) is 0 Å². The summed E-state index contributed by atoms with van der Waals surface area (Å²) in [7, 11) is -13.9. The highest BCUT2D eigenvalue weighted by molar-refractivity contribution is 7.45. The van der Waals surface area contributed by atoms with Crippen molar-refractivity contribution in [2.45, 2.75) is 24.2 Å². The summed E-state index contributed by atoms with van der Waals surface area (Å²) >= 11 is 0. The van der Waals surface area contributed by atoms with Crippen molar-refractivity contribution >= 4 is 40.4 Å². The van der Waals surface area contributed by atoms with E-state index in [-0.39, 0.29) is 5.82 Å². The monoisotopic (exact) mass is 576 g/mol. The molecule has 1 aliphatic heterocycles. The van der Waals surface area contributed by atoms with Gasteiger partial charge in [0.25, 0.3) is 0 Å². The van der Waals surface area contributed by atoms with Crippen molar-refractivity contribution in [2.75, 3.05) is 12.3 Å². The van der Waals surface area contributed by atoms with Gasteiger partial charge in [0, 0.05) is 0 Å². The SMILES string of the molecule is Nc1ncnc2c1ncn2[C@@H]1O[C@H](CO)[C@@](N)(O)[C@H]1O.O=P(O)(O)O.O=P(O)(O)O.O=P(O)(O)O. The van der Waals surface area contributed by atoms with Gasteiger partial charge in [-0.2, -0.15) is 0 Å². The van der Waals surface area contributed by atoms with Crippen LogP contribution in [0.3, 0.4) is 0 Å². The van der Waals surface area contributed by atoms with Gasteiger partial charge in [0.15, 0.2) is 23.4 Å². The van der Waals surface area contributed by atoms with Gasteiger partial charge in [-0.15, -0.1) is 0 Å². The predicted molar refractivity (Wildman–Crippen MR) is 109 cm³/mol. The molecule has 0 aromatic carbocycles. The topological polar surface area (TPSA) is 399 Å². The van der Waals surface area contributed by atoms with Crippen LogP contribution in [0.4, 0.5) is 5.82 Å². The summed E-state index contributed by atoms with van der Waals surface area (Å²) in [6, 6.07) is 0. The average Bonchev–Trinajstić information content (AvgIpc) is 3.11. The van der Waals surface area contributed by atoms with Crippen LogP contribution in [0.25, 0.3) is 11.2 Å². The van der Waals surface area contributed by atoms with Crippen LogP contribution in [0.1, 0.15) is 6.23 Å². The molecule has 22 nitrogen and oxygen atoms in total. The van der Waals surface area contributed by atoms with E-state index in [0.29, 0.717) is 11.2 Å². The molecule has 1 saturated heterocycles. The molecule has 1 fully saturated rings. The Morgan fingerprint density at radius 3 is 1.74 bits per heavy atom. The fourth-order valence-electron chi connectivity index (χ4n) is 2.23. The molecule has 16 N–H and O–H groups in total. The van der Waals surface area contributed by atoms with E-state index in [4.69, 9.17) is 79.0 Å². The Kier molecular flexibility index (Phi) is 12.1. The molecule has 25 heteroatoms. The van der Waals surface area contributed by atoms with Gasteiger partial charge in [-0.05, 0) is 0 Å². The molecule has 2 aromatic heterocycles. The number of nitrogen functional groups attached to an aromatic ring is 1. The largest absolute Gasteiger partial charge is 0.466 e. The fourth-order valence-corrected chi connectivity index (χ4v) is 2.23. The van der Waals surface area contributed by atoms with Crippen LogP contribution in [0.15, 0.2) is 12.7 Å². The first-order chi connectivity index (χ1) is 15.5. The number of aromatic nitrogens is 4. The number of imidazole rings is 1. The highest BCUT2D eigenvalue weighted by atomic mass is 31.2. The third-order valence-electron chi connectivity index (χ3n) is 3.39. The summed E-state index contributed by atoms with van der Waals surface area (Å²) < 4.78 is 33.4. The van der Waals surface area contributed by atoms with Crippen LogP contribution in [-0.4, -0.2) is 103 Å². The minimum absolute atomic E-state index is 0.183. The fraction of sp³-hybridized carbons (Fsp3) is 0.500. The molecule has 204 valence electrons. The van der Waals surface area contributed by atoms with E-state index in [0.717, 1.165) is 0 Å². The number of aliphatic hydroxyl groups excluding tert-OH is 2. The summed E-state index contributed by atoms with van der Waals surface area (Å²) in [5.41, 5.74) is 9.84. The van der Waals surface area contributed by atoms with Gasteiger partial charge in [-0.1, -0.05) is 0 Å². The maximum absolute atomic E-state index is 10.1.